The maximum absolute atomic E-state index is 11.9. The molecule has 1 aromatic carbocycles. The number of anilines is 2. The molecular formula is C12H21N3O5S. The van der Waals surface area contributed by atoms with Crippen LogP contribution in [0.2, 0.25) is 0 Å². The molecule has 1 aromatic rings. The second-order valence-corrected chi connectivity index (χ2v) is 6.40. The predicted octanol–water partition coefficient (Wildman–Crippen LogP) is -1.31. The number of hydrogen-bond acceptors (Lipinski definition) is 7. The van der Waals surface area contributed by atoms with Gasteiger partial charge in [0.05, 0.1) is 36.1 Å². The highest BCUT2D eigenvalue weighted by atomic mass is 32.2. The summed E-state index contributed by atoms with van der Waals surface area (Å²) in [5.74, 6) is 0. The summed E-state index contributed by atoms with van der Waals surface area (Å²) in [6.45, 7) is 0.239. The van der Waals surface area contributed by atoms with Crippen LogP contribution in [0.1, 0.15) is 6.92 Å². The molecule has 0 heterocycles. The minimum Gasteiger partial charge on any atom is -0.397 e. The average Bonchev–Trinajstić information content (AvgIpc) is 2.46. The lowest BCUT2D eigenvalue weighted by Crippen LogP contribution is -2.49. The van der Waals surface area contributed by atoms with E-state index in [0.29, 0.717) is 0 Å². The van der Waals surface area contributed by atoms with Crippen molar-refractivity contribution in [2.45, 2.75) is 17.4 Å². The Balaban J connectivity index is 3.20. The summed E-state index contributed by atoms with van der Waals surface area (Å²) in [5, 5.41) is 30.6. The van der Waals surface area contributed by atoms with Crippen LogP contribution in [0.4, 0.5) is 11.4 Å². The molecule has 0 atom stereocenters. The topological polar surface area (TPSA) is 145 Å². The van der Waals surface area contributed by atoms with Crippen LogP contribution in [-0.2, 0) is 10.0 Å². The van der Waals surface area contributed by atoms with Crippen LogP contribution in [-0.4, -0.2) is 55.6 Å². The highest BCUT2D eigenvalue weighted by Gasteiger charge is 2.29. The molecule has 8 nitrogen and oxygen atoms in total. The Labute approximate surface area is 123 Å². The van der Waals surface area contributed by atoms with Crippen LogP contribution in [0.25, 0.3) is 0 Å². The Morgan fingerprint density at radius 2 is 1.76 bits per heavy atom. The zero-order valence-corrected chi connectivity index (χ0v) is 12.5. The van der Waals surface area contributed by atoms with Gasteiger partial charge in [-0.15, -0.1) is 0 Å². The molecule has 0 radical (unpaired) electrons. The van der Waals surface area contributed by atoms with Gasteiger partial charge in [-0.1, -0.05) is 6.92 Å². The van der Waals surface area contributed by atoms with Gasteiger partial charge in [0.2, 0.25) is 10.0 Å². The zero-order chi connectivity index (χ0) is 16.1. The maximum Gasteiger partial charge on any atom is 0.240 e. The first-order chi connectivity index (χ1) is 9.84. The number of aliphatic hydroxyl groups is 3. The van der Waals surface area contributed by atoms with E-state index in [1.807, 2.05) is 0 Å². The molecule has 0 saturated carbocycles. The molecule has 0 saturated heterocycles. The van der Waals surface area contributed by atoms with E-state index in [1.54, 1.807) is 6.92 Å². The van der Waals surface area contributed by atoms with Gasteiger partial charge in [0, 0.05) is 6.54 Å². The summed E-state index contributed by atoms with van der Waals surface area (Å²) in [6.07, 6.45) is 0. The molecule has 0 aromatic heterocycles. The lowest BCUT2D eigenvalue weighted by Gasteiger charge is -2.30. The van der Waals surface area contributed by atoms with Crippen molar-refractivity contribution in [2.24, 2.45) is 0 Å². The molecule has 0 fully saturated rings. The van der Waals surface area contributed by atoms with E-state index in [4.69, 9.17) is 5.73 Å². The fourth-order valence-electron chi connectivity index (χ4n) is 1.64. The highest BCUT2D eigenvalue weighted by molar-refractivity contribution is 7.89. The van der Waals surface area contributed by atoms with E-state index in [1.165, 1.54) is 18.2 Å². The van der Waals surface area contributed by atoms with Gasteiger partial charge in [-0.2, -0.15) is 0 Å². The number of benzene rings is 1. The van der Waals surface area contributed by atoms with E-state index in [-0.39, 0.29) is 22.8 Å². The van der Waals surface area contributed by atoms with Crippen molar-refractivity contribution < 1.29 is 23.7 Å². The predicted molar refractivity (Wildman–Crippen MR) is 79.3 cm³/mol. The molecule has 7 N–H and O–H groups in total. The van der Waals surface area contributed by atoms with Crippen molar-refractivity contribution >= 4 is 21.4 Å². The maximum atomic E-state index is 11.9. The molecule has 120 valence electrons. The van der Waals surface area contributed by atoms with Crippen LogP contribution in [0.3, 0.4) is 0 Å². The number of hydrogen-bond donors (Lipinski definition) is 6. The minimum absolute atomic E-state index is 0.0104. The monoisotopic (exact) mass is 319 g/mol. The minimum atomic E-state index is -3.66. The Morgan fingerprint density at radius 3 is 2.24 bits per heavy atom. The molecular weight excluding hydrogens is 298 g/mol. The van der Waals surface area contributed by atoms with Crippen molar-refractivity contribution in [2.75, 3.05) is 37.4 Å². The first-order valence-corrected chi connectivity index (χ1v) is 7.82. The largest absolute Gasteiger partial charge is 0.397 e. The van der Waals surface area contributed by atoms with Crippen molar-refractivity contribution in [1.82, 2.24) is 4.72 Å². The molecule has 21 heavy (non-hydrogen) atoms. The summed E-state index contributed by atoms with van der Waals surface area (Å²) >= 11 is 0. The average molecular weight is 319 g/mol. The Morgan fingerprint density at radius 1 is 1.19 bits per heavy atom. The van der Waals surface area contributed by atoms with Crippen LogP contribution in [0.5, 0.6) is 0 Å². The molecule has 0 aliphatic rings. The number of nitrogens with one attached hydrogen (secondary N) is 2. The summed E-state index contributed by atoms with van der Waals surface area (Å²) in [7, 11) is -3.66. The standard InChI is InChI=1S/C12H21N3O5S/c1-2-14-21(19,20)9-3-4-10(13)11(5-9)15-12(6-16,7-17)8-18/h3-5,14-18H,2,6-8,13H2,1H3. The van der Waals surface area contributed by atoms with Crippen LogP contribution < -0.4 is 15.8 Å². The van der Waals surface area contributed by atoms with Crippen molar-refractivity contribution in [3.8, 4) is 0 Å². The van der Waals surface area contributed by atoms with Crippen LogP contribution >= 0.6 is 0 Å². The number of nitrogens with two attached hydrogens (primary N) is 1. The van der Waals surface area contributed by atoms with Crippen molar-refractivity contribution in [3.63, 3.8) is 0 Å². The lowest BCUT2D eigenvalue weighted by atomic mass is 10.0. The van der Waals surface area contributed by atoms with Gasteiger partial charge in [0.15, 0.2) is 0 Å². The van der Waals surface area contributed by atoms with E-state index in [2.05, 4.69) is 10.0 Å². The van der Waals surface area contributed by atoms with Gasteiger partial charge >= 0.3 is 0 Å². The van der Waals surface area contributed by atoms with Crippen molar-refractivity contribution in [1.29, 1.82) is 0 Å². The first kappa shape index (κ1) is 17.7. The lowest BCUT2D eigenvalue weighted by molar-refractivity contribution is 0.0834. The fraction of sp³-hybridized carbons (Fsp3) is 0.500. The SMILES string of the molecule is CCNS(=O)(=O)c1ccc(N)c(NC(CO)(CO)CO)c1. The van der Waals surface area contributed by atoms with E-state index < -0.39 is 35.4 Å². The van der Waals surface area contributed by atoms with Crippen LogP contribution in [0.15, 0.2) is 23.1 Å². The van der Waals surface area contributed by atoms with Gasteiger partial charge in [0.25, 0.3) is 0 Å². The molecule has 0 unspecified atom stereocenters. The zero-order valence-electron chi connectivity index (χ0n) is 11.7. The third-order valence-electron chi connectivity index (χ3n) is 2.98. The Bertz CT molecular complexity index is 564. The summed E-state index contributed by atoms with van der Waals surface area (Å²) in [5.41, 5.74) is 4.79. The summed E-state index contributed by atoms with van der Waals surface area (Å²) < 4.78 is 26.2. The second kappa shape index (κ2) is 7.05. The molecule has 0 aliphatic heterocycles. The molecule has 9 heteroatoms. The summed E-state index contributed by atoms with van der Waals surface area (Å²) in [6, 6.07) is 4.02. The van der Waals surface area contributed by atoms with Gasteiger partial charge in [-0.3, -0.25) is 0 Å². The van der Waals surface area contributed by atoms with E-state index >= 15 is 0 Å². The second-order valence-electron chi connectivity index (χ2n) is 4.63. The van der Waals surface area contributed by atoms with Gasteiger partial charge in [-0.25, -0.2) is 13.1 Å². The molecule has 0 aliphatic carbocycles. The third kappa shape index (κ3) is 4.05. The van der Waals surface area contributed by atoms with Gasteiger partial charge < -0.3 is 26.4 Å². The molecule has 0 spiro atoms. The number of nitrogen functional groups attached to an aromatic ring is 1. The molecule has 1 rings (SSSR count). The highest BCUT2D eigenvalue weighted by Crippen LogP contribution is 2.25. The number of sulfonamides is 1. The van der Waals surface area contributed by atoms with Crippen LogP contribution in [0, 0.1) is 0 Å². The number of rotatable bonds is 8. The molecule has 0 bridgehead atoms. The van der Waals surface area contributed by atoms with E-state index in [0.717, 1.165) is 0 Å². The fourth-order valence-corrected chi connectivity index (χ4v) is 2.71. The Hall–Kier alpha value is -1.39. The van der Waals surface area contributed by atoms with E-state index in [9.17, 15) is 23.7 Å². The smallest absolute Gasteiger partial charge is 0.240 e. The van der Waals surface area contributed by atoms with Crippen molar-refractivity contribution in [3.05, 3.63) is 18.2 Å². The first-order valence-electron chi connectivity index (χ1n) is 6.34. The quantitative estimate of drug-likeness (QED) is 0.326. The number of aliphatic hydroxyl groups excluding tert-OH is 3. The van der Waals surface area contributed by atoms with Gasteiger partial charge in [0.1, 0.15) is 5.54 Å². The molecule has 0 amide bonds. The summed E-state index contributed by atoms with van der Waals surface area (Å²) in [4.78, 5) is -0.0104. The third-order valence-corrected chi connectivity index (χ3v) is 4.52. The Kier molecular flexibility index (Phi) is 5.93. The van der Waals surface area contributed by atoms with Gasteiger partial charge in [-0.05, 0) is 18.2 Å². The normalized spacial score (nSPS) is 12.4.